The Hall–Kier alpha value is -2.00. The van der Waals surface area contributed by atoms with Gasteiger partial charge in [0.15, 0.2) is 0 Å². The molecule has 0 bridgehead atoms. The zero-order valence-corrected chi connectivity index (χ0v) is 11.4. The van der Waals surface area contributed by atoms with Gasteiger partial charge in [0.1, 0.15) is 0 Å². The van der Waals surface area contributed by atoms with Gasteiger partial charge in [0.05, 0.1) is 17.6 Å². The molecular formula is C15H14ClN3. The van der Waals surface area contributed by atoms with Gasteiger partial charge in [-0.1, -0.05) is 35.9 Å². The first kappa shape index (κ1) is 12.1. The Morgan fingerprint density at radius 3 is 2.79 bits per heavy atom. The molecule has 0 unspecified atom stereocenters. The van der Waals surface area contributed by atoms with Crippen LogP contribution in [0.4, 0.5) is 5.95 Å². The van der Waals surface area contributed by atoms with E-state index < -0.39 is 0 Å². The van der Waals surface area contributed by atoms with Crippen molar-refractivity contribution in [2.45, 2.75) is 6.54 Å². The molecule has 1 heterocycles. The number of fused-ring (bicyclic) bond motifs is 1. The lowest BCUT2D eigenvalue weighted by Gasteiger charge is -2.09. The third-order valence-electron chi connectivity index (χ3n) is 3.11. The van der Waals surface area contributed by atoms with Gasteiger partial charge in [-0.25, -0.2) is 4.98 Å². The zero-order valence-electron chi connectivity index (χ0n) is 10.6. The van der Waals surface area contributed by atoms with Crippen molar-refractivity contribution in [2.75, 3.05) is 12.4 Å². The highest BCUT2D eigenvalue weighted by Gasteiger charge is 2.09. The second-order valence-electron chi connectivity index (χ2n) is 4.39. The van der Waals surface area contributed by atoms with Crippen LogP contribution in [0.25, 0.3) is 11.0 Å². The van der Waals surface area contributed by atoms with E-state index in [1.807, 2.05) is 43.4 Å². The highest BCUT2D eigenvalue weighted by Crippen LogP contribution is 2.21. The van der Waals surface area contributed by atoms with Crippen molar-refractivity contribution >= 4 is 28.6 Å². The van der Waals surface area contributed by atoms with E-state index in [9.17, 15) is 0 Å². The van der Waals surface area contributed by atoms with Crippen molar-refractivity contribution in [3.05, 3.63) is 59.1 Å². The van der Waals surface area contributed by atoms with Gasteiger partial charge < -0.3 is 9.88 Å². The summed E-state index contributed by atoms with van der Waals surface area (Å²) in [6, 6.07) is 16.0. The molecule has 0 aliphatic carbocycles. The summed E-state index contributed by atoms with van der Waals surface area (Å²) in [6.07, 6.45) is 0. The number of benzene rings is 2. The summed E-state index contributed by atoms with van der Waals surface area (Å²) in [4.78, 5) is 4.57. The SMILES string of the molecule is CNc1nc2ccccc2n1Cc1cccc(Cl)c1. The minimum atomic E-state index is 0.747. The van der Waals surface area contributed by atoms with Crippen LogP contribution in [-0.4, -0.2) is 16.6 Å². The molecule has 4 heteroatoms. The standard InChI is InChI=1S/C15H14ClN3/c1-17-15-18-13-7-2-3-8-14(13)19(15)10-11-5-4-6-12(16)9-11/h2-9H,10H2,1H3,(H,17,18). The van der Waals surface area contributed by atoms with Crippen molar-refractivity contribution in [2.24, 2.45) is 0 Å². The van der Waals surface area contributed by atoms with E-state index in [0.717, 1.165) is 34.1 Å². The van der Waals surface area contributed by atoms with Crippen LogP contribution in [0.5, 0.6) is 0 Å². The normalized spacial score (nSPS) is 10.8. The molecule has 1 N–H and O–H groups in total. The largest absolute Gasteiger partial charge is 0.359 e. The molecule has 19 heavy (non-hydrogen) atoms. The fourth-order valence-corrected chi connectivity index (χ4v) is 2.46. The highest BCUT2D eigenvalue weighted by atomic mass is 35.5. The second-order valence-corrected chi connectivity index (χ2v) is 4.83. The van der Waals surface area contributed by atoms with Crippen molar-refractivity contribution in [1.82, 2.24) is 9.55 Å². The van der Waals surface area contributed by atoms with Gasteiger partial charge in [0.2, 0.25) is 5.95 Å². The Kier molecular flexibility index (Phi) is 3.13. The Morgan fingerprint density at radius 2 is 2.00 bits per heavy atom. The molecule has 1 aromatic heterocycles. The van der Waals surface area contributed by atoms with E-state index in [0.29, 0.717) is 0 Å². The molecule has 2 aromatic carbocycles. The molecule has 96 valence electrons. The van der Waals surface area contributed by atoms with Gasteiger partial charge in [0, 0.05) is 12.1 Å². The zero-order chi connectivity index (χ0) is 13.2. The first-order valence-corrected chi connectivity index (χ1v) is 6.53. The Bertz CT molecular complexity index is 718. The van der Waals surface area contributed by atoms with Crippen molar-refractivity contribution in [3.8, 4) is 0 Å². The lowest BCUT2D eigenvalue weighted by Crippen LogP contribution is -2.04. The number of halogens is 1. The van der Waals surface area contributed by atoms with Crippen LogP contribution >= 0.6 is 11.6 Å². The maximum absolute atomic E-state index is 6.04. The highest BCUT2D eigenvalue weighted by molar-refractivity contribution is 6.30. The van der Waals surface area contributed by atoms with E-state index in [1.165, 1.54) is 0 Å². The summed E-state index contributed by atoms with van der Waals surface area (Å²) in [5.74, 6) is 0.862. The average Bonchev–Trinajstić information content (AvgIpc) is 2.77. The number of nitrogens with one attached hydrogen (secondary N) is 1. The van der Waals surface area contributed by atoms with E-state index in [4.69, 9.17) is 11.6 Å². The van der Waals surface area contributed by atoms with Crippen molar-refractivity contribution in [1.29, 1.82) is 0 Å². The monoisotopic (exact) mass is 271 g/mol. The summed E-state index contributed by atoms with van der Waals surface area (Å²) in [6.45, 7) is 0.747. The van der Waals surface area contributed by atoms with Crippen LogP contribution in [0.2, 0.25) is 5.02 Å². The number of imidazole rings is 1. The number of para-hydroxylation sites is 2. The number of anilines is 1. The van der Waals surface area contributed by atoms with Gasteiger partial charge in [-0.2, -0.15) is 0 Å². The molecule has 0 aliphatic heterocycles. The summed E-state index contributed by atoms with van der Waals surface area (Å²) in [7, 11) is 1.88. The fourth-order valence-electron chi connectivity index (χ4n) is 2.24. The lowest BCUT2D eigenvalue weighted by molar-refractivity contribution is 0.832. The number of hydrogen-bond acceptors (Lipinski definition) is 2. The van der Waals surface area contributed by atoms with E-state index in [1.54, 1.807) is 0 Å². The molecular weight excluding hydrogens is 258 g/mol. The van der Waals surface area contributed by atoms with Crippen molar-refractivity contribution in [3.63, 3.8) is 0 Å². The number of hydrogen-bond donors (Lipinski definition) is 1. The molecule has 0 saturated heterocycles. The van der Waals surface area contributed by atoms with Crippen LogP contribution in [0.1, 0.15) is 5.56 Å². The van der Waals surface area contributed by atoms with Gasteiger partial charge in [-0.3, -0.25) is 0 Å². The first-order chi connectivity index (χ1) is 9.28. The van der Waals surface area contributed by atoms with E-state index in [2.05, 4.69) is 27.0 Å². The minimum absolute atomic E-state index is 0.747. The molecule has 0 saturated carbocycles. The number of nitrogens with zero attached hydrogens (tertiary/aromatic N) is 2. The Labute approximate surface area is 116 Å². The molecule has 3 aromatic rings. The Balaban J connectivity index is 2.08. The molecule has 0 atom stereocenters. The summed E-state index contributed by atoms with van der Waals surface area (Å²) in [5, 5.41) is 3.90. The second kappa shape index (κ2) is 4.94. The number of rotatable bonds is 3. The van der Waals surface area contributed by atoms with Crippen LogP contribution in [-0.2, 0) is 6.54 Å². The van der Waals surface area contributed by atoms with Gasteiger partial charge >= 0.3 is 0 Å². The number of aromatic nitrogens is 2. The predicted octanol–water partition coefficient (Wildman–Crippen LogP) is 3.78. The maximum Gasteiger partial charge on any atom is 0.203 e. The van der Waals surface area contributed by atoms with Crippen LogP contribution < -0.4 is 5.32 Å². The quantitative estimate of drug-likeness (QED) is 0.786. The van der Waals surface area contributed by atoms with Gasteiger partial charge in [-0.15, -0.1) is 0 Å². The van der Waals surface area contributed by atoms with E-state index >= 15 is 0 Å². The molecule has 3 rings (SSSR count). The van der Waals surface area contributed by atoms with Crippen LogP contribution in [0.15, 0.2) is 48.5 Å². The van der Waals surface area contributed by atoms with Crippen molar-refractivity contribution < 1.29 is 0 Å². The molecule has 0 aliphatic rings. The molecule has 3 nitrogen and oxygen atoms in total. The average molecular weight is 272 g/mol. The Morgan fingerprint density at radius 1 is 1.16 bits per heavy atom. The lowest BCUT2D eigenvalue weighted by atomic mass is 10.2. The third kappa shape index (κ3) is 2.29. The summed E-state index contributed by atoms with van der Waals surface area (Å²) < 4.78 is 2.15. The maximum atomic E-state index is 6.04. The molecule has 0 spiro atoms. The smallest absolute Gasteiger partial charge is 0.203 e. The van der Waals surface area contributed by atoms with Gasteiger partial charge in [-0.05, 0) is 29.8 Å². The van der Waals surface area contributed by atoms with Crippen LogP contribution in [0, 0.1) is 0 Å². The summed E-state index contributed by atoms with van der Waals surface area (Å²) >= 11 is 6.04. The summed E-state index contributed by atoms with van der Waals surface area (Å²) in [5.41, 5.74) is 3.27. The predicted molar refractivity (Wildman–Crippen MR) is 79.8 cm³/mol. The fraction of sp³-hybridized carbons (Fsp3) is 0.133. The molecule has 0 fully saturated rings. The topological polar surface area (TPSA) is 29.9 Å². The van der Waals surface area contributed by atoms with Crippen LogP contribution in [0.3, 0.4) is 0 Å². The molecule has 0 radical (unpaired) electrons. The van der Waals surface area contributed by atoms with Gasteiger partial charge in [0.25, 0.3) is 0 Å². The molecule has 0 amide bonds. The van der Waals surface area contributed by atoms with E-state index in [-0.39, 0.29) is 0 Å². The first-order valence-electron chi connectivity index (χ1n) is 6.15. The minimum Gasteiger partial charge on any atom is -0.359 e. The third-order valence-corrected chi connectivity index (χ3v) is 3.34.